The molecule has 2 saturated heterocycles. The van der Waals surface area contributed by atoms with Gasteiger partial charge in [-0.2, -0.15) is 0 Å². The van der Waals surface area contributed by atoms with Crippen LogP contribution in [-0.4, -0.2) is 49.3 Å². The van der Waals surface area contributed by atoms with E-state index in [1.54, 1.807) is 0 Å². The standard InChI is InChI=1S/C23H42N2O4/c1-22(2,18-10-14-24-15-11-18)28-20(26)8-6-5-7-9-21(27)29-23(3,4)19-12-16-25-17-13-19/h18-19,24-25H,5-17H2,1-4H3. The second-order valence-electron chi connectivity index (χ2n) is 9.76. The second-order valence-corrected chi connectivity index (χ2v) is 9.76. The van der Waals surface area contributed by atoms with Crippen molar-refractivity contribution in [3.8, 4) is 0 Å². The molecule has 0 radical (unpaired) electrons. The highest BCUT2D eigenvalue weighted by atomic mass is 16.6. The first-order valence-corrected chi connectivity index (χ1v) is 11.6. The quantitative estimate of drug-likeness (QED) is 0.423. The highest BCUT2D eigenvalue weighted by Crippen LogP contribution is 2.30. The normalized spacial score (nSPS) is 19.7. The van der Waals surface area contributed by atoms with Crippen LogP contribution in [-0.2, 0) is 19.1 Å². The SMILES string of the molecule is CC(C)(OC(=O)CCCCCC(=O)OC(C)(C)C1CCNCC1)C1CCNCC1. The monoisotopic (exact) mass is 410 g/mol. The van der Waals surface area contributed by atoms with E-state index in [4.69, 9.17) is 9.47 Å². The number of piperidine rings is 2. The van der Waals surface area contributed by atoms with Crippen LogP contribution in [0.1, 0.15) is 85.5 Å². The Labute approximate surface area is 176 Å². The van der Waals surface area contributed by atoms with E-state index in [-0.39, 0.29) is 11.9 Å². The first-order chi connectivity index (χ1) is 13.7. The molecule has 2 fully saturated rings. The molecule has 0 amide bonds. The molecule has 2 aliphatic heterocycles. The molecule has 0 unspecified atom stereocenters. The zero-order chi connectivity index (χ0) is 21.3. The summed E-state index contributed by atoms with van der Waals surface area (Å²) in [5, 5.41) is 6.70. The van der Waals surface area contributed by atoms with E-state index in [1.165, 1.54) is 0 Å². The van der Waals surface area contributed by atoms with Gasteiger partial charge in [-0.3, -0.25) is 9.59 Å². The highest BCUT2D eigenvalue weighted by Gasteiger charge is 2.35. The lowest BCUT2D eigenvalue weighted by Crippen LogP contribution is -2.42. The molecule has 6 nitrogen and oxygen atoms in total. The summed E-state index contributed by atoms with van der Waals surface area (Å²) in [5.41, 5.74) is -0.799. The van der Waals surface area contributed by atoms with Crippen LogP contribution in [0.2, 0.25) is 0 Å². The maximum Gasteiger partial charge on any atom is 0.306 e. The number of hydrogen-bond donors (Lipinski definition) is 2. The minimum absolute atomic E-state index is 0.122. The molecule has 0 bridgehead atoms. The van der Waals surface area contributed by atoms with Gasteiger partial charge in [-0.25, -0.2) is 0 Å². The predicted molar refractivity (Wildman–Crippen MR) is 115 cm³/mol. The summed E-state index contributed by atoms with van der Waals surface area (Å²) in [5.74, 6) is 0.600. The second kappa shape index (κ2) is 11.3. The minimum Gasteiger partial charge on any atom is -0.459 e. The minimum atomic E-state index is -0.400. The van der Waals surface area contributed by atoms with Crippen molar-refractivity contribution >= 4 is 11.9 Å². The summed E-state index contributed by atoms with van der Waals surface area (Å²) in [6.45, 7) is 12.1. The van der Waals surface area contributed by atoms with Crippen molar-refractivity contribution in [2.24, 2.45) is 11.8 Å². The van der Waals surface area contributed by atoms with Gasteiger partial charge in [-0.15, -0.1) is 0 Å². The average Bonchev–Trinajstić information content (AvgIpc) is 2.68. The van der Waals surface area contributed by atoms with Gasteiger partial charge in [0.1, 0.15) is 11.2 Å². The molecule has 2 rings (SSSR count). The summed E-state index contributed by atoms with van der Waals surface area (Å²) in [4.78, 5) is 24.5. The number of unbranched alkanes of at least 4 members (excludes halogenated alkanes) is 2. The van der Waals surface area contributed by atoms with Crippen molar-refractivity contribution < 1.29 is 19.1 Å². The summed E-state index contributed by atoms with van der Waals surface area (Å²) >= 11 is 0. The van der Waals surface area contributed by atoms with E-state index in [1.807, 2.05) is 27.7 Å². The largest absolute Gasteiger partial charge is 0.459 e. The molecule has 2 aliphatic rings. The van der Waals surface area contributed by atoms with Crippen molar-refractivity contribution in [2.75, 3.05) is 26.2 Å². The Bertz CT molecular complexity index is 475. The van der Waals surface area contributed by atoms with Gasteiger partial charge in [0.15, 0.2) is 0 Å². The Hall–Kier alpha value is -1.14. The molecule has 6 heteroatoms. The van der Waals surface area contributed by atoms with Crippen LogP contribution in [0.3, 0.4) is 0 Å². The summed E-state index contributed by atoms with van der Waals surface area (Å²) in [7, 11) is 0. The van der Waals surface area contributed by atoms with Gasteiger partial charge in [0.2, 0.25) is 0 Å². The van der Waals surface area contributed by atoms with Crippen LogP contribution in [0.4, 0.5) is 0 Å². The summed E-state index contributed by atoms with van der Waals surface area (Å²) in [6, 6.07) is 0. The highest BCUT2D eigenvalue weighted by molar-refractivity contribution is 5.70. The Morgan fingerprint density at radius 1 is 0.690 bits per heavy atom. The van der Waals surface area contributed by atoms with Crippen LogP contribution in [0.15, 0.2) is 0 Å². The van der Waals surface area contributed by atoms with E-state index >= 15 is 0 Å². The zero-order valence-electron chi connectivity index (χ0n) is 19.0. The smallest absolute Gasteiger partial charge is 0.306 e. The van der Waals surface area contributed by atoms with Crippen LogP contribution in [0.25, 0.3) is 0 Å². The molecule has 2 heterocycles. The number of rotatable bonds is 10. The molecular weight excluding hydrogens is 368 g/mol. The lowest BCUT2D eigenvalue weighted by Gasteiger charge is -2.36. The fraction of sp³-hybridized carbons (Fsp3) is 0.913. The maximum atomic E-state index is 12.2. The third kappa shape index (κ3) is 8.25. The molecular formula is C23H42N2O4. The van der Waals surface area contributed by atoms with E-state index in [0.29, 0.717) is 24.7 Å². The first kappa shape index (κ1) is 24.1. The van der Waals surface area contributed by atoms with Crippen LogP contribution >= 0.6 is 0 Å². The van der Waals surface area contributed by atoms with Gasteiger partial charge in [0, 0.05) is 24.7 Å². The predicted octanol–water partition coefficient (Wildman–Crippen LogP) is 3.58. The molecule has 0 aromatic carbocycles. The molecule has 0 aliphatic carbocycles. The Morgan fingerprint density at radius 2 is 1.03 bits per heavy atom. The molecule has 0 aromatic rings. The lowest BCUT2D eigenvalue weighted by atomic mass is 9.83. The van der Waals surface area contributed by atoms with Crippen LogP contribution < -0.4 is 10.6 Å². The van der Waals surface area contributed by atoms with E-state index < -0.39 is 11.2 Å². The number of esters is 2. The van der Waals surface area contributed by atoms with Gasteiger partial charge in [-0.1, -0.05) is 6.42 Å². The van der Waals surface area contributed by atoms with Gasteiger partial charge >= 0.3 is 11.9 Å². The topological polar surface area (TPSA) is 76.7 Å². The lowest BCUT2D eigenvalue weighted by molar-refractivity contribution is -0.163. The molecule has 0 saturated carbocycles. The van der Waals surface area contributed by atoms with Crippen molar-refractivity contribution in [2.45, 2.75) is 96.7 Å². The first-order valence-electron chi connectivity index (χ1n) is 11.6. The number of nitrogens with one attached hydrogen (secondary N) is 2. The fourth-order valence-electron chi connectivity index (χ4n) is 4.61. The van der Waals surface area contributed by atoms with Gasteiger partial charge in [0.25, 0.3) is 0 Å². The number of ether oxygens (including phenoxy) is 2. The molecule has 2 N–H and O–H groups in total. The van der Waals surface area contributed by atoms with Gasteiger partial charge in [-0.05, 0) is 92.4 Å². The molecule has 29 heavy (non-hydrogen) atoms. The zero-order valence-corrected chi connectivity index (χ0v) is 19.0. The van der Waals surface area contributed by atoms with Crippen molar-refractivity contribution in [1.29, 1.82) is 0 Å². The molecule has 0 aromatic heterocycles. The average molecular weight is 411 g/mol. The van der Waals surface area contributed by atoms with Crippen LogP contribution in [0.5, 0.6) is 0 Å². The summed E-state index contributed by atoms with van der Waals surface area (Å²) in [6.07, 6.45) is 7.40. The van der Waals surface area contributed by atoms with Crippen molar-refractivity contribution in [3.05, 3.63) is 0 Å². The van der Waals surface area contributed by atoms with Gasteiger partial charge < -0.3 is 20.1 Å². The van der Waals surface area contributed by atoms with Crippen LogP contribution in [0, 0.1) is 11.8 Å². The van der Waals surface area contributed by atoms with E-state index in [2.05, 4.69) is 10.6 Å². The van der Waals surface area contributed by atoms with Crippen molar-refractivity contribution in [3.63, 3.8) is 0 Å². The third-order valence-corrected chi connectivity index (χ3v) is 6.66. The Morgan fingerprint density at radius 3 is 1.38 bits per heavy atom. The number of hydrogen-bond acceptors (Lipinski definition) is 6. The molecule has 0 spiro atoms. The molecule has 168 valence electrons. The molecule has 0 atom stereocenters. The number of carbonyl (C=O) groups is 2. The van der Waals surface area contributed by atoms with Crippen molar-refractivity contribution in [1.82, 2.24) is 10.6 Å². The van der Waals surface area contributed by atoms with Gasteiger partial charge in [0.05, 0.1) is 0 Å². The fourth-order valence-corrected chi connectivity index (χ4v) is 4.61. The summed E-state index contributed by atoms with van der Waals surface area (Å²) < 4.78 is 11.5. The Balaban J connectivity index is 1.58. The number of carbonyl (C=O) groups excluding carboxylic acids is 2. The third-order valence-electron chi connectivity index (χ3n) is 6.66. The Kier molecular flexibility index (Phi) is 9.41. The van der Waals surface area contributed by atoms with E-state index in [0.717, 1.165) is 71.1 Å². The van der Waals surface area contributed by atoms with E-state index in [9.17, 15) is 9.59 Å². The maximum absolute atomic E-state index is 12.2.